The first-order valence-corrected chi connectivity index (χ1v) is 4.39. The Morgan fingerprint density at radius 3 is 2.77 bits per heavy atom. The topological polar surface area (TPSA) is 67.4 Å². The summed E-state index contributed by atoms with van der Waals surface area (Å²) in [4.78, 5) is 11.2. The van der Waals surface area contributed by atoms with Crippen LogP contribution in [-0.4, -0.2) is 22.8 Å². The first-order valence-electron chi connectivity index (χ1n) is 4.39. The fraction of sp³-hybridized carbons (Fsp3) is 0.625. The number of hydrogen-bond acceptors (Lipinski definition) is 4. The molecule has 2 N–H and O–H groups in total. The number of aromatic nitrogens is 1. The van der Waals surface area contributed by atoms with Crippen LogP contribution in [0.2, 0.25) is 0 Å². The average Bonchev–Trinajstić information content (AvgIpc) is 2.48. The van der Waals surface area contributed by atoms with Gasteiger partial charge in [-0.25, -0.2) is 9.36 Å². The highest BCUT2D eigenvalue weighted by atomic mass is 16.4. The van der Waals surface area contributed by atoms with Crippen LogP contribution in [0.1, 0.15) is 18.9 Å². The summed E-state index contributed by atoms with van der Waals surface area (Å²) in [5.74, 6) is -0.540. The van der Waals surface area contributed by atoms with Crippen LogP contribution in [-0.2, 0) is 0 Å². The summed E-state index contributed by atoms with van der Waals surface area (Å²) in [5, 5.41) is 12.5. The zero-order chi connectivity index (χ0) is 9.26. The molecule has 5 nitrogen and oxygen atoms in total. The summed E-state index contributed by atoms with van der Waals surface area (Å²) in [6, 6.07) is 0.0764. The van der Waals surface area contributed by atoms with Crippen LogP contribution >= 0.6 is 0 Å². The summed E-state index contributed by atoms with van der Waals surface area (Å²) < 4.78 is 5.91. The van der Waals surface area contributed by atoms with Gasteiger partial charge in [-0.15, -0.1) is 0 Å². The minimum absolute atomic E-state index is 0.0723. The Kier molecular flexibility index (Phi) is 2.10. The van der Waals surface area contributed by atoms with E-state index >= 15 is 0 Å². The van der Waals surface area contributed by atoms with Crippen LogP contribution in [0.15, 0.2) is 15.5 Å². The predicted octanol–water partition coefficient (Wildman–Crippen LogP) is 0.0714. The van der Waals surface area contributed by atoms with E-state index in [2.05, 4.69) is 9.73 Å². The highest BCUT2D eigenvalue weighted by Gasteiger charge is 2.20. The maximum absolute atomic E-state index is 11.2. The molecule has 0 saturated carbocycles. The Morgan fingerprint density at radius 1 is 1.54 bits per heavy atom. The number of piperidine rings is 1. The third-order valence-corrected chi connectivity index (χ3v) is 2.38. The van der Waals surface area contributed by atoms with E-state index in [1.54, 1.807) is 0 Å². The Morgan fingerprint density at radius 2 is 2.23 bits per heavy atom. The van der Waals surface area contributed by atoms with E-state index in [0.29, 0.717) is 0 Å². The van der Waals surface area contributed by atoms with E-state index in [4.69, 9.17) is 0 Å². The molecule has 0 aliphatic carbocycles. The van der Waals surface area contributed by atoms with Crippen molar-refractivity contribution in [3.63, 3.8) is 0 Å². The maximum Gasteiger partial charge on any atom is 0.422 e. The van der Waals surface area contributed by atoms with Gasteiger partial charge in [-0.2, -0.15) is 0 Å². The average molecular weight is 184 g/mol. The predicted molar refractivity (Wildman–Crippen MR) is 45.8 cm³/mol. The summed E-state index contributed by atoms with van der Waals surface area (Å²) in [7, 11) is 0. The maximum atomic E-state index is 11.2. The number of nitrogens with one attached hydrogen (secondary N) is 1. The van der Waals surface area contributed by atoms with Crippen molar-refractivity contribution in [3.05, 3.63) is 16.8 Å². The minimum Gasteiger partial charge on any atom is -0.492 e. The lowest BCUT2D eigenvalue weighted by molar-refractivity contribution is 0.311. The molecule has 1 aliphatic heterocycles. The van der Waals surface area contributed by atoms with Crippen LogP contribution in [0.5, 0.6) is 5.88 Å². The van der Waals surface area contributed by atoms with E-state index in [-0.39, 0.29) is 11.9 Å². The van der Waals surface area contributed by atoms with Crippen molar-refractivity contribution < 1.29 is 9.52 Å². The van der Waals surface area contributed by atoms with Crippen molar-refractivity contribution in [1.29, 1.82) is 0 Å². The second-order valence-corrected chi connectivity index (χ2v) is 3.21. The van der Waals surface area contributed by atoms with Gasteiger partial charge in [0.2, 0.25) is 5.88 Å². The molecule has 0 spiro atoms. The number of rotatable bonds is 1. The zero-order valence-corrected chi connectivity index (χ0v) is 7.19. The monoisotopic (exact) mass is 184 g/mol. The fourth-order valence-electron chi connectivity index (χ4n) is 1.71. The number of hydrogen-bond donors (Lipinski definition) is 2. The summed E-state index contributed by atoms with van der Waals surface area (Å²) in [6.07, 6.45) is 2.80. The molecule has 72 valence electrons. The molecule has 5 heteroatoms. The minimum atomic E-state index is -0.468. The highest BCUT2D eigenvalue weighted by molar-refractivity contribution is 5.02. The van der Waals surface area contributed by atoms with Crippen LogP contribution < -0.4 is 11.1 Å². The number of oxazole rings is 1. The molecule has 1 fully saturated rings. The molecule has 0 unspecified atom stereocenters. The normalized spacial score (nSPS) is 19.1. The van der Waals surface area contributed by atoms with Crippen molar-refractivity contribution in [2.75, 3.05) is 13.1 Å². The molecular weight excluding hydrogens is 172 g/mol. The number of aromatic hydroxyl groups is 1. The molecule has 0 bridgehead atoms. The molecule has 0 amide bonds. The largest absolute Gasteiger partial charge is 0.492 e. The lowest BCUT2D eigenvalue weighted by atomic mass is 10.1. The van der Waals surface area contributed by atoms with E-state index in [0.717, 1.165) is 32.2 Å². The Bertz CT molecular complexity index is 335. The molecule has 1 aromatic rings. The molecule has 0 radical (unpaired) electrons. The van der Waals surface area contributed by atoms with Gasteiger partial charge in [0.25, 0.3) is 0 Å². The molecule has 1 aliphatic rings. The van der Waals surface area contributed by atoms with Gasteiger partial charge in [0.05, 0.1) is 0 Å². The van der Waals surface area contributed by atoms with Crippen molar-refractivity contribution in [3.8, 4) is 5.88 Å². The van der Waals surface area contributed by atoms with E-state index in [1.165, 1.54) is 4.57 Å². The fourth-order valence-corrected chi connectivity index (χ4v) is 1.71. The van der Waals surface area contributed by atoms with Crippen LogP contribution in [0.3, 0.4) is 0 Å². The van der Waals surface area contributed by atoms with E-state index in [1.807, 2.05) is 0 Å². The second-order valence-electron chi connectivity index (χ2n) is 3.21. The van der Waals surface area contributed by atoms with Crippen molar-refractivity contribution in [2.45, 2.75) is 18.9 Å². The lowest BCUT2D eigenvalue weighted by Crippen LogP contribution is -2.32. The quantitative estimate of drug-likeness (QED) is 0.648. The van der Waals surface area contributed by atoms with Gasteiger partial charge in [0.1, 0.15) is 0 Å². The molecular formula is C8H12N2O3. The van der Waals surface area contributed by atoms with Gasteiger partial charge in [-0.1, -0.05) is 0 Å². The van der Waals surface area contributed by atoms with E-state index < -0.39 is 5.76 Å². The Labute approximate surface area is 75.0 Å². The van der Waals surface area contributed by atoms with Gasteiger partial charge in [0, 0.05) is 6.04 Å². The first kappa shape index (κ1) is 8.37. The molecule has 0 aromatic carbocycles. The van der Waals surface area contributed by atoms with Crippen molar-refractivity contribution >= 4 is 0 Å². The number of nitrogens with zero attached hydrogens (tertiary/aromatic N) is 1. The lowest BCUT2D eigenvalue weighted by Gasteiger charge is -2.22. The van der Waals surface area contributed by atoms with Gasteiger partial charge < -0.3 is 14.8 Å². The van der Waals surface area contributed by atoms with Crippen LogP contribution in [0.25, 0.3) is 0 Å². The molecule has 2 rings (SSSR count). The zero-order valence-electron chi connectivity index (χ0n) is 7.19. The highest BCUT2D eigenvalue weighted by Crippen LogP contribution is 2.21. The Balaban J connectivity index is 2.27. The second kappa shape index (κ2) is 3.26. The third-order valence-electron chi connectivity index (χ3n) is 2.38. The van der Waals surface area contributed by atoms with Gasteiger partial charge in [0.15, 0.2) is 6.26 Å². The smallest absolute Gasteiger partial charge is 0.422 e. The van der Waals surface area contributed by atoms with Gasteiger partial charge in [-0.3, -0.25) is 0 Å². The van der Waals surface area contributed by atoms with Crippen LogP contribution in [0, 0.1) is 0 Å². The summed E-state index contributed by atoms with van der Waals surface area (Å²) >= 11 is 0. The standard InChI is InChI=1S/C8H12N2O3/c11-7-5-13-8(12)10(7)6-1-3-9-4-2-6/h5-6,9,11H,1-4H2. The molecule has 1 saturated heterocycles. The van der Waals surface area contributed by atoms with E-state index in [9.17, 15) is 9.90 Å². The first-order chi connectivity index (χ1) is 6.29. The molecule has 13 heavy (non-hydrogen) atoms. The molecule has 1 aromatic heterocycles. The van der Waals surface area contributed by atoms with Crippen LogP contribution in [0.4, 0.5) is 0 Å². The van der Waals surface area contributed by atoms with Crippen molar-refractivity contribution in [2.24, 2.45) is 0 Å². The summed E-state index contributed by atoms with van der Waals surface area (Å²) in [6.45, 7) is 1.75. The van der Waals surface area contributed by atoms with Gasteiger partial charge in [-0.05, 0) is 25.9 Å². The molecule has 2 heterocycles. The summed E-state index contributed by atoms with van der Waals surface area (Å²) in [5.41, 5.74) is 0. The SMILES string of the molecule is O=c1occ(O)n1C1CCNCC1. The third kappa shape index (κ3) is 1.47. The Hall–Kier alpha value is -1.23. The molecule has 0 atom stereocenters. The van der Waals surface area contributed by atoms with Crippen molar-refractivity contribution in [1.82, 2.24) is 9.88 Å². The van der Waals surface area contributed by atoms with Gasteiger partial charge >= 0.3 is 5.76 Å².